The fourth-order valence-electron chi connectivity index (χ4n) is 2.26. The van der Waals surface area contributed by atoms with Crippen LogP contribution in [-0.4, -0.2) is 11.6 Å². The summed E-state index contributed by atoms with van der Waals surface area (Å²) in [5.41, 5.74) is 8.81. The molecule has 1 unspecified atom stereocenters. The van der Waals surface area contributed by atoms with E-state index in [4.69, 9.17) is 10.5 Å². The van der Waals surface area contributed by atoms with Gasteiger partial charge in [-0.1, -0.05) is 17.7 Å². The number of carbonyl (C=O) groups is 1. The third kappa shape index (κ3) is 3.45. The molecule has 2 N–H and O–H groups in total. The summed E-state index contributed by atoms with van der Waals surface area (Å²) in [4.78, 5) is 10.9. The monoisotopic (exact) mass is 322 g/mol. The van der Waals surface area contributed by atoms with Gasteiger partial charge in [0.15, 0.2) is 6.03 Å². The van der Waals surface area contributed by atoms with Gasteiger partial charge >= 0.3 is 0 Å². The Bertz CT molecular complexity index is 460. The summed E-state index contributed by atoms with van der Waals surface area (Å²) in [6.45, 7) is 5.97. The Balaban J connectivity index is 0.00000162. The zero-order valence-electron chi connectivity index (χ0n) is 10.9. The summed E-state index contributed by atoms with van der Waals surface area (Å²) < 4.78 is 5.87. The number of hydrogen-bond donors (Lipinski definition) is 1. The van der Waals surface area contributed by atoms with Gasteiger partial charge in [-0.15, -0.1) is 0 Å². The second-order valence-electron chi connectivity index (χ2n) is 5.13. The maximum Gasteiger partial charge on any atom is 0.150 e. The molecule has 1 aliphatic heterocycles. The van der Waals surface area contributed by atoms with Crippen LogP contribution in [0.15, 0.2) is 18.2 Å². The predicted molar refractivity (Wildman–Crippen MR) is 66.1 cm³/mol. The number of rotatable bonds is 1. The predicted octanol–water partition coefficient (Wildman–Crippen LogP) is 3.36. The van der Waals surface area contributed by atoms with Crippen LogP contribution in [0, 0.1) is 6.92 Å². The van der Waals surface area contributed by atoms with Crippen molar-refractivity contribution in [1.29, 1.82) is 0 Å². The van der Waals surface area contributed by atoms with Crippen molar-refractivity contribution in [3.63, 3.8) is 0 Å². The molecule has 5 heteroatoms. The zero-order valence-corrected chi connectivity index (χ0v) is 13.7. The van der Waals surface area contributed by atoms with Gasteiger partial charge in [-0.2, -0.15) is 0 Å². The number of amides is 2. The maximum atomic E-state index is 10.9. The molecular formula is C13H17N2O2Y-. The van der Waals surface area contributed by atoms with Crippen molar-refractivity contribution >= 4 is 6.03 Å². The van der Waals surface area contributed by atoms with Crippen molar-refractivity contribution in [2.75, 3.05) is 0 Å². The van der Waals surface area contributed by atoms with Crippen LogP contribution in [0.4, 0.5) is 4.79 Å². The van der Waals surface area contributed by atoms with Crippen molar-refractivity contribution in [2.45, 2.75) is 38.8 Å². The van der Waals surface area contributed by atoms with Gasteiger partial charge in [-0.3, -0.25) is 4.79 Å². The first-order chi connectivity index (χ1) is 7.87. The third-order valence-corrected chi connectivity index (χ3v) is 2.93. The molecule has 4 nitrogen and oxygen atoms in total. The summed E-state index contributed by atoms with van der Waals surface area (Å²) in [5, 5.41) is 2.67. The molecule has 0 aromatic heterocycles. The Hall–Kier alpha value is -0.606. The minimum Gasteiger partial charge on any atom is -0.488 e. The first-order valence-electron chi connectivity index (χ1n) is 5.69. The SMILES string of the molecule is Cc1ccc2c(c1)C(NC([NH-])=O)CC(C)(C)O2.[Y]. The molecule has 95 valence electrons. The van der Waals surface area contributed by atoms with E-state index in [9.17, 15) is 4.79 Å². The maximum absolute atomic E-state index is 10.9. The van der Waals surface area contributed by atoms with Crippen molar-refractivity contribution in [3.8, 4) is 5.75 Å². The van der Waals surface area contributed by atoms with Gasteiger partial charge < -0.3 is 15.8 Å². The largest absolute Gasteiger partial charge is 0.488 e. The van der Waals surface area contributed by atoms with E-state index in [2.05, 4.69) is 5.32 Å². The second-order valence-corrected chi connectivity index (χ2v) is 5.13. The Morgan fingerprint density at radius 1 is 1.50 bits per heavy atom. The zero-order chi connectivity index (χ0) is 12.6. The van der Waals surface area contributed by atoms with Crippen LogP contribution in [0.3, 0.4) is 0 Å². The molecule has 0 saturated heterocycles. The topological polar surface area (TPSA) is 62.1 Å². The first kappa shape index (κ1) is 15.5. The number of nitrogens with one attached hydrogen (secondary N) is 2. The quantitative estimate of drug-likeness (QED) is 0.862. The van der Waals surface area contributed by atoms with E-state index in [1.54, 1.807) is 0 Å². The van der Waals surface area contributed by atoms with Crippen LogP contribution in [0.2, 0.25) is 0 Å². The van der Waals surface area contributed by atoms with Crippen LogP contribution in [0.1, 0.15) is 37.4 Å². The van der Waals surface area contributed by atoms with Crippen molar-refractivity contribution < 1.29 is 42.2 Å². The number of ether oxygens (including phenoxy) is 1. The van der Waals surface area contributed by atoms with Gasteiger partial charge in [-0.05, 0) is 44.9 Å². The fraction of sp³-hybridized carbons (Fsp3) is 0.462. The Morgan fingerprint density at radius 2 is 2.17 bits per heavy atom. The average molecular weight is 322 g/mol. The molecule has 1 aliphatic rings. The van der Waals surface area contributed by atoms with E-state index >= 15 is 0 Å². The van der Waals surface area contributed by atoms with E-state index in [0.29, 0.717) is 6.42 Å². The Morgan fingerprint density at radius 3 is 2.78 bits per heavy atom. The smallest absolute Gasteiger partial charge is 0.150 e. The van der Waals surface area contributed by atoms with Crippen LogP contribution >= 0.6 is 0 Å². The van der Waals surface area contributed by atoms with E-state index in [1.165, 1.54) is 0 Å². The van der Waals surface area contributed by atoms with Gasteiger partial charge in [0.25, 0.3) is 0 Å². The molecule has 0 spiro atoms. The molecule has 1 radical (unpaired) electrons. The molecule has 1 atom stereocenters. The van der Waals surface area contributed by atoms with Gasteiger partial charge in [0.2, 0.25) is 0 Å². The Labute approximate surface area is 133 Å². The third-order valence-electron chi connectivity index (χ3n) is 2.93. The van der Waals surface area contributed by atoms with E-state index in [-0.39, 0.29) is 44.4 Å². The van der Waals surface area contributed by atoms with Gasteiger partial charge in [0.05, 0.1) is 0 Å². The number of fused-ring (bicyclic) bond motifs is 1. The van der Waals surface area contributed by atoms with Crippen molar-refractivity contribution in [3.05, 3.63) is 35.1 Å². The summed E-state index contributed by atoms with van der Waals surface area (Å²) >= 11 is 0. The fourth-order valence-corrected chi connectivity index (χ4v) is 2.26. The summed E-state index contributed by atoms with van der Waals surface area (Å²) in [7, 11) is 0. The molecule has 0 bridgehead atoms. The van der Waals surface area contributed by atoms with E-state index < -0.39 is 6.03 Å². The molecule has 1 aromatic rings. The standard InChI is InChI=1S/C13H18N2O2.Y/c1-8-4-5-11-9(6-8)10(15-12(14)16)7-13(2,3)17-11;/h4-6,10H,7H2,1-3H3,(H3,14,15,16);/p-1. The summed E-state index contributed by atoms with van der Waals surface area (Å²) in [5.74, 6) is 0.797. The minimum absolute atomic E-state index is 0. The molecule has 0 aliphatic carbocycles. The van der Waals surface area contributed by atoms with Crippen LogP contribution < -0.4 is 10.1 Å². The minimum atomic E-state index is -0.750. The van der Waals surface area contributed by atoms with Gasteiger partial charge in [0.1, 0.15) is 11.4 Å². The van der Waals surface area contributed by atoms with Gasteiger partial charge in [-0.25, -0.2) is 0 Å². The molecule has 2 amide bonds. The molecule has 0 fully saturated rings. The normalized spacial score (nSPS) is 20.1. The number of benzene rings is 1. The molecule has 1 aromatic carbocycles. The summed E-state index contributed by atoms with van der Waals surface area (Å²) in [6, 6.07) is 5.03. The molecule has 1 heterocycles. The second kappa shape index (κ2) is 5.58. The number of carbonyl (C=O) groups excluding carboxylic acids is 1. The van der Waals surface area contributed by atoms with E-state index in [1.807, 2.05) is 39.0 Å². The van der Waals surface area contributed by atoms with Gasteiger partial charge in [0, 0.05) is 32.7 Å². The molecule has 0 saturated carbocycles. The Kier molecular flexibility index (Phi) is 4.79. The van der Waals surface area contributed by atoms with E-state index in [0.717, 1.165) is 16.9 Å². The number of hydrogen-bond acceptors (Lipinski definition) is 2. The number of aryl methyl sites for hydroxylation is 1. The summed E-state index contributed by atoms with van der Waals surface area (Å²) in [6.07, 6.45) is 0.675. The van der Waals surface area contributed by atoms with Crippen LogP contribution in [0.25, 0.3) is 5.73 Å². The molecule has 2 rings (SSSR count). The van der Waals surface area contributed by atoms with Crippen LogP contribution in [0.5, 0.6) is 5.75 Å². The number of urea groups is 1. The average Bonchev–Trinajstić information content (AvgIpc) is 2.17. The first-order valence-corrected chi connectivity index (χ1v) is 5.69. The molecular weight excluding hydrogens is 305 g/mol. The molecule has 18 heavy (non-hydrogen) atoms. The van der Waals surface area contributed by atoms with Crippen molar-refractivity contribution in [2.24, 2.45) is 0 Å². The van der Waals surface area contributed by atoms with Crippen molar-refractivity contribution in [1.82, 2.24) is 5.32 Å². The van der Waals surface area contributed by atoms with Crippen LogP contribution in [-0.2, 0) is 32.7 Å².